The molecule has 0 bridgehead atoms. The number of nitrogens with zero attached hydrogens (tertiary/aromatic N) is 2. The number of hydrogen-bond donors (Lipinski definition) is 1. The molecule has 104 valence electrons. The van der Waals surface area contributed by atoms with Crippen LogP contribution >= 0.6 is 0 Å². The van der Waals surface area contributed by atoms with E-state index in [1.165, 1.54) is 51.7 Å². The summed E-state index contributed by atoms with van der Waals surface area (Å²) in [5, 5.41) is 3.39. The molecule has 0 atom stereocenters. The molecule has 2 rings (SSSR count). The Balaban J connectivity index is 1.42. The van der Waals surface area contributed by atoms with Gasteiger partial charge in [-0.3, -0.25) is 4.79 Å². The monoisotopic (exact) mass is 253 g/mol. The van der Waals surface area contributed by atoms with Crippen LogP contribution in [0.3, 0.4) is 0 Å². The average molecular weight is 253 g/mol. The van der Waals surface area contributed by atoms with Crippen molar-refractivity contribution >= 4 is 5.91 Å². The third kappa shape index (κ3) is 4.58. The van der Waals surface area contributed by atoms with Gasteiger partial charge in [0.1, 0.15) is 0 Å². The second-order valence-electron chi connectivity index (χ2n) is 5.49. The first-order chi connectivity index (χ1) is 8.86. The fourth-order valence-electron chi connectivity index (χ4n) is 2.88. The summed E-state index contributed by atoms with van der Waals surface area (Å²) < 4.78 is 0. The van der Waals surface area contributed by atoms with Crippen LogP contribution in [-0.2, 0) is 4.79 Å². The van der Waals surface area contributed by atoms with Crippen molar-refractivity contribution in [1.29, 1.82) is 0 Å². The number of amides is 1. The summed E-state index contributed by atoms with van der Waals surface area (Å²) in [4.78, 5) is 16.3. The summed E-state index contributed by atoms with van der Waals surface area (Å²) in [6, 6.07) is 0. The largest absolute Gasteiger partial charge is 0.343 e. The SMILES string of the molecule is O=C(CCNCCCN1CCCC1)N1CCCC1. The van der Waals surface area contributed by atoms with E-state index >= 15 is 0 Å². The van der Waals surface area contributed by atoms with Crippen molar-refractivity contribution < 1.29 is 4.79 Å². The Morgan fingerprint density at radius 1 is 0.944 bits per heavy atom. The predicted octanol–water partition coefficient (Wildman–Crippen LogP) is 1.07. The maximum Gasteiger partial charge on any atom is 0.223 e. The number of carbonyl (C=O) groups is 1. The molecule has 0 aromatic carbocycles. The Kier molecular flexibility index (Phi) is 5.94. The Bertz CT molecular complexity index is 245. The van der Waals surface area contributed by atoms with Gasteiger partial charge in [0.15, 0.2) is 0 Å². The van der Waals surface area contributed by atoms with E-state index in [-0.39, 0.29) is 0 Å². The van der Waals surface area contributed by atoms with E-state index in [9.17, 15) is 4.79 Å². The molecular weight excluding hydrogens is 226 g/mol. The zero-order chi connectivity index (χ0) is 12.6. The Hall–Kier alpha value is -0.610. The smallest absolute Gasteiger partial charge is 0.223 e. The van der Waals surface area contributed by atoms with Gasteiger partial charge in [-0.25, -0.2) is 0 Å². The first kappa shape index (κ1) is 13.8. The first-order valence-electron chi connectivity index (χ1n) is 7.57. The second-order valence-corrected chi connectivity index (χ2v) is 5.49. The highest BCUT2D eigenvalue weighted by molar-refractivity contribution is 5.76. The van der Waals surface area contributed by atoms with E-state index in [1.807, 2.05) is 4.90 Å². The van der Waals surface area contributed by atoms with Crippen molar-refractivity contribution in [3.05, 3.63) is 0 Å². The van der Waals surface area contributed by atoms with Gasteiger partial charge in [0.25, 0.3) is 0 Å². The minimum atomic E-state index is 0.333. The Morgan fingerprint density at radius 2 is 1.61 bits per heavy atom. The lowest BCUT2D eigenvalue weighted by Crippen LogP contribution is -2.31. The van der Waals surface area contributed by atoms with Crippen LogP contribution in [0.4, 0.5) is 0 Å². The lowest BCUT2D eigenvalue weighted by atomic mass is 10.3. The predicted molar refractivity (Wildman–Crippen MR) is 73.6 cm³/mol. The van der Waals surface area contributed by atoms with Crippen LogP contribution in [0.2, 0.25) is 0 Å². The molecule has 4 heteroatoms. The summed E-state index contributed by atoms with van der Waals surface area (Å²) in [5.74, 6) is 0.333. The number of hydrogen-bond acceptors (Lipinski definition) is 3. The summed E-state index contributed by atoms with van der Waals surface area (Å²) >= 11 is 0. The number of likely N-dealkylation sites (tertiary alicyclic amines) is 2. The minimum absolute atomic E-state index is 0.333. The van der Waals surface area contributed by atoms with Crippen LogP contribution in [-0.4, -0.2) is 61.5 Å². The molecule has 0 aromatic rings. The Labute approximate surface area is 111 Å². The van der Waals surface area contributed by atoms with Gasteiger partial charge in [-0.2, -0.15) is 0 Å². The van der Waals surface area contributed by atoms with Crippen LogP contribution in [0.5, 0.6) is 0 Å². The average Bonchev–Trinajstić information content (AvgIpc) is 3.05. The van der Waals surface area contributed by atoms with Gasteiger partial charge in [0, 0.05) is 26.1 Å². The molecule has 1 N–H and O–H groups in total. The lowest BCUT2D eigenvalue weighted by Gasteiger charge is -2.16. The van der Waals surface area contributed by atoms with Gasteiger partial charge >= 0.3 is 0 Å². The van der Waals surface area contributed by atoms with E-state index in [0.29, 0.717) is 12.3 Å². The number of rotatable bonds is 7. The van der Waals surface area contributed by atoms with E-state index in [4.69, 9.17) is 0 Å². The van der Waals surface area contributed by atoms with Gasteiger partial charge in [0.05, 0.1) is 0 Å². The summed E-state index contributed by atoms with van der Waals surface area (Å²) in [7, 11) is 0. The summed E-state index contributed by atoms with van der Waals surface area (Å²) in [6.07, 6.45) is 7.00. The molecule has 0 spiro atoms. The van der Waals surface area contributed by atoms with Crippen LogP contribution in [0.25, 0.3) is 0 Å². The standard InChI is InChI=1S/C14H27N3O/c18-14(17-12-3-4-13-17)6-8-15-7-5-11-16-9-1-2-10-16/h15H,1-13H2. The molecule has 2 saturated heterocycles. The molecule has 18 heavy (non-hydrogen) atoms. The van der Waals surface area contributed by atoms with Crippen molar-refractivity contribution in [3.8, 4) is 0 Å². The fourth-order valence-corrected chi connectivity index (χ4v) is 2.88. The zero-order valence-electron chi connectivity index (χ0n) is 11.5. The molecule has 2 heterocycles. The van der Waals surface area contributed by atoms with Gasteiger partial charge in [0.2, 0.25) is 5.91 Å². The van der Waals surface area contributed by atoms with Gasteiger partial charge < -0.3 is 15.1 Å². The van der Waals surface area contributed by atoms with E-state index in [2.05, 4.69) is 10.2 Å². The third-order valence-corrected chi connectivity index (χ3v) is 4.00. The van der Waals surface area contributed by atoms with E-state index in [0.717, 1.165) is 26.2 Å². The molecular formula is C14H27N3O. The van der Waals surface area contributed by atoms with Crippen LogP contribution < -0.4 is 5.32 Å². The van der Waals surface area contributed by atoms with E-state index in [1.54, 1.807) is 0 Å². The highest BCUT2D eigenvalue weighted by Gasteiger charge is 2.16. The van der Waals surface area contributed by atoms with Crippen molar-refractivity contribution in [2.24, 2.45) is 0 Å². The minimum Gasteiger partial charge on any atom is -0.343 e. The molecule has 0 aromatic heterocycles. The van der Waals surface area contributed by atoms with Crippen molar-refractivity contribution in [3.63, 3.8) is 0 Å². The van der Waals surface area contributed by atoms with Crippen molar-refractivity contribution in [1.82, 2.24) is 15.1 Å². The summed E-state index contributed by atoms with van der Waals surface area (Å²) in [6.45, 7) is 7.63. The molecule has 0 radical (unpaired) electrons. The number of carbonyl (C=O) groups excluding carboxylic acids is 1. The third-order valence-electron chi connectivity index (χ3n) is 4.00. The maximum atomic E-state index is 11.8. The molecule has 4 nitrogen and oxygen atoms in total. The quantitative estimate of drug-likeness (QED) is 0.690. The molecule has 2 fully saturated rings. The van der Waals surface area contributed by atoms with Gasteiger partial charge in [-0.05, 0) is 58.3 Å². The van der Waals surface area contributed by atoms with Crippen LogP contribution in [0.1, 0.15) is 38.5 Å². The molecule has 2 aliphatic rings. The fraction of sp³-hybridized carbons (Fsp3) is 0.929. The zero-order valence-corrected chi connectivity index (χ0v) is 11.5. The van der Waals surface area contributed by atoms with Gasteiger partial charge in [-0.15, -0.1) is 0 Å². The normalized spacial score (nSPS) is 20.8. The van der Waals surface area contributed by atoms with E-state index < -0.39 is 0 Å². The Morgan fingerprint density at radius 3 is 2.33 bits per heavy atom. The highest BCUT2D eigenvalue weighted by atomic mass is 16.2. The molecule has 0 saturated carbocycles. The van der Waals surface area contributed by atoms with Crippen LogP contribution in [0, 0.1) is 0 Å². The summed E-state index contributed by atoms with van der Waals surface area (Å²) in [5.41, 5.74) is 0. The lowest BCUT2D eigenvalue weighted by molar-refractivity contribution is -0.130. The highest BCUT2D eigenvalue weighted by Crippen LogP contribution is 2.08. The molecule has 0 aliphatic carbocycles. The topological polar surface area (TPSA) is 35.6 Å². The van der Waals surface area contributed by atoms with Crippen molar-refractivity contribution in [2.75, 3.05) is 45.8 Å². The maximum absolute atomic E-state index is 11.8. The second kappa shape index (κ2) is 7.74. The van der Waals surface area contributed by atoms with Crippen molar-refractivity contribution in [2.45, 2.75) is 38.5 Å². The first-order valence-corrected chi connectivity index (χ1v) is 7.57. The number of nitrogens with one attached hydrogen (secondary N) is 1. The van der Waals surface area contributed by atoms with Gasteiger partial charge in [-0.1, -0.05) is 0 Å². The molecule has 2 aliphatic heterocycles. The molecule has 0 unspecified atom stereocenters. The molecule has 1 amide bonds. The van der Waals surface area contributed by atoms with Crippen LogP contribution in [0.15, 0.2) is 0 Å².